The van der Waals surface area contributed by atoms with E-state index in [4.69, 9.17) is 4.74 Å². The first kappa shape index (κ1) is 22.4. The summed E-state index contributed by atoms with van der Waals surface area (Å²) in [6, 6.07) is 3.80. The first-order chi connectivity index (χ1) is 16.7. The van der Waals surface area contributed by atoms with Crippen molar-refractivity contribution in [2.45, 2.75) is 75.5 Å². The van der Waals surface area contributed by atoms with E-state index < -0.39 is 32.1 Å². The highest BCUT2D eigenvalue weighted by molar-refractivity contribution is 7.89. The molecule has 1 aromatic carbocycles. The molecule has 1 aromatic heterocycles. The van der Waals surface area contributed by atoms with Crippen molar-refractivity contribution in [2.24, 2.45) is 5.92 Å². The van der Waals surface area contributed by atoms with Gasteiger partial charge in [-0.1, -0.05) is 13.8 Å². The van der Waals surface area contributed by atoms with E-state index in [0.717, 1.165) is 28.6 Å². The van der Waals surface area contributed by atoms with Crippen LogP contribution in [-0.2, 0) is 31.4 Å². The van der Waals surface area contributed by atoms with Gasteiger partial charge in [0.1, 0.15) is 22.4 Å². The average Bonchev–Trinajstić information content (AvgIpc) is 3.35. The van der Waals surface area contributed by atoms with Gasteiger partial charge in [-0.15, -0.1) is 0 Å². The minimum absolute atomic E-state index is 0.0160. The Kier molecular flexibility index (Phi) is 3.84. The summed E-state index contributed by atoms with van der Waals surface area (Å²) in [4.78, 5) is 29.3. The monoisotopic (exact) mass is 509 g/mol. The van der Waals surface area contributed by atoms with E-state index in [1.807, 2.05) is 56.9 Å². The Morgan fingerprint density at radius 3 is 2.61 bits per heavy atom. The molecule has 8 nitrogen and oxygen atoms in total. The minimum Gasteiger partial charge on any atom is -0.483 e. The zero-order valence-electron chi connectivity index (χ0n) is 21.3. The van der Waals surface area contributed by atoms with Gasteiger partial charge < -0.3 is 15.0 Å². The maximum atomic E-state index is 14.1. The highest BCUT2D eigenvalue weighted by Crippen LogP contribution is 2.60. The molecular formula is C27H31N3O5S. The lowest BCUT2D eigenvalue weighted by molar-refractivity contribution is -0.179. The molecule has 8 rings (SSSR count). The van der Waals surface area contributed by atoms with Gasteiger partial charge >= 0.3 is 0 Å². The molecular weight excluding hydrogens is 478 g/mol. The maximum absolute atomic E-state index is 14.1. The third-order valence-electron chi connectivity index (χ3n) is 9.50. The number of carbonyl (C=O) groups excluding carboxylic acids is 2. The second-order valence-electron chi connectivity index (χ2n) is 12.4. The number of benzene rings is 1. The predicted octanol–water partition coefficient (Wildman–Crippen LogP) is 2.72. The highest BCUT2D eigenvalue weighted by Gasteiger charge is 2.73. The molecule has 1 N–H and O–H groups in total. The molecule has 9 heteroatoms. The fraction of sp³-hybridized carbons (Fsp3) is 0.556. The molecule has 2 aromatic rings. The van der Waals surface area contributed by atoms with Crippen LogP contribution in [0, 0.1) is 5.92 Å². The van der Waals surface area contributed by atoms with Crippen LogP contribution in [0.1, 0.15) is 63.8 Å². The third kappa shape index (κ3) is 2.38. The summed E-state index contributed by atoms with van der Waals surface area (Å²) < 4.78 is 34.6. The molecule has 190 valence electrons. The van der Waals surface area contributed by atoms with Crippen LogP contribution in [-0.4, -0.2) is 58.6 Å². The van der Waals surface area contributed by atoms with E-state index in [1.54, 1.807) is 0 Å². The second-order valence-corrected chi connectivity index (χ2v) is 14.3. The van der Waals surface area contributed by atoms with E-state index in [-0.39, 0.29) is 24.2 Å². The van der Waals surface area contributed by atoms with Gasteiger partial charge in [0.2, 0.25) is 21.8 Å². The maximum Gasteiger partial charge on any atom is 0.249 e. The van der Waals surface area contributed by atoms with Gasteiger partial charge in [-0.2, -0.15) is 0 Å². The summed E-state index contributed by atoms with van der Waals surface area (Å²) in [6.45, 7) is 8.59. The number of hydrogen-bond acceptors (Lipinski definition) is 5. The molecule has 3 unspecified atom stereocenters. The lowest BCUT2D eigenvalue weighted by Crippen LogP contribution is -2.84. The Morgan fingerprint density at radius 2 is 1.89 bits per heavy atom. The summed E-state index contributed by atoms with van der Waals surface area (Å²) in [6.07, 6.45) is 7.42. The first-order valence-corrected chi connectivity index (χ1v) is 14.5. The van der Waals surface area contributed by atoms with Crippen LogP contribution in [0.4, 0.5) is 0 Å². The largest absolute Gasteiger partial charge is 0.483 e. The van der Waals surface area contributed by atoms with Crippen LogP contribution in [0.25, 0.3) is 17.0 Å². The number of rotatable bonds is 1. The van der Waals surface area contributed by atoms with Gasteiger partial charge in [-0.05, 0) is 63.0 Å². The Morgan fingerprint density at radius 1 is 1.14 bits per heavy atom. The number of aromatic nitrogens is 1. The van der Waals surface area contributed by atoms with Crippen molar-refractivity contribution in [1.29, 1.82) is 0 Å². The Bertz CT molecular complexity index is 1570. The second kappa shape index (κ2) is 6.18. The number of ether oxygens (including phenoxy) is 1. The third-order valence-corrected chi connectivity index (χ3v) is 10.5. The predicted molar refractivity (Wildman–Crippen MR) is 135 cm³/mol. The Labute approximate surface area is 210 Å². The molecule has 2 spiro atoms. The number of carbonyl (C=O) groups is 2. The topological polar surface area (TPSA) is 97.7 Å². The normalized spacial score (nSPS) is 33.0. The van der Waals surface area contributed by atoms with Crippen LogP contribution in [0.2, 0.25) is 0 Å². The van der Waals surface area contributed by atoms with Gasteiger partial charge in [0.25, 0.3) is 0 Å². The smallest absolute Gasteiger partial charge is 0.249 e. The van der Waals surface area contributed by atoms with Crippen molar-refractivity contribution >= 4 is 38.8 Å². The molecule has 6 heterocycles. The first-order valence-electron chi connectivity index (χ1n) is 12.7. The zero-order chi connectivity index (χ0) is 25.6. The summed E-state index contributed by atoms with van der Waals surface area (Å²) in [5.41, 5.74) is -0.230. The van der Waals surface area contributed by atoms with Crippen molar-refractivity contribution in [3.05, 3.63) is 35.0 Å². The van der Waals surface area contributed by atoms with E-state index in [2.05, 4.69) is 5.32 Å². The van der Waals surface area contributed by atoms with E-state index >= 15 is 0 Å². The molecule has 2 amide bonds. The van der Waals surface area contributed by atoms with Gasteiger partial charge in [0.15, 0.2) is 0 Å². The zero-order valence-corrected chi connectivity index (χ0v) is 22.1. The number of piperazine rings is 1. The fourth-order valence-electron chi connectivity index (χ4n) is 8.06. The van der Waals surface area contributed by atoms with Crippen molar-refractivity contribution < 1.29 is 22.7 Å². The van der Waals surface area contributed by atoms with Crippen LogP contribution in [0.3, 0.4) is 0 Å². The van der Waals surface area contributed by atoms with E-state index in [0.29, 0.717) is 30.7 Å². The molecule has 4 fully saturated rings. The van der Waals surface area contributed by atoms with Gasteiger partial charge in [-0.3, -0.25) is 9.59 Å². The molecule has 36 heavy (non-hydrogen) atoms. The standard InChI is InChI=1S/C27H31N3O5S/c1-24(2)11-9-16-18(35-24)8-7-15-17-13-27-19(25(3,4)21(17)30(20(15)16)36(5,33)34)14-26(22(31)28-27)10-6-12-29(26)23(27)32/h7-9,11,19H,6,10,12-14H2,1-5H3,(H,28,31). The molecule has 3 atom stereocenters. The quantitative estimate of drug-likeness (QED) is 0.638. The number of nitrogens with one attached hydrogen (secondary N) is 1. The van der Waals surface area contributed by atoms with Gasteiger partial charge in [-0.25, -0.2) is 12.4 Å². The molecule has 0 saturated carbocycles. The van der Waals surface area contributed by atoms with E-state index in [1.165, 1.54) is 10.2 Å². The number of fused-ring (bicyclic) bond motifs is 6. The molecule has 1 aliphatic carbocycles. The number of hydrogen-bond donors (Lipinski definition) is 1. The van der Waals surface area contributed by atoms with Crippen LogP contribution >= 0.6 is 0 Å². The lowest BCUT2D eigenvalue weighted by atomic mass is 9.51. The van der Waals surface area contributed by atoms with Crippen molar-refractivity contribution in [1.82, 2.24) is 14.2 Å². The number of amides is 2. The van der Waals surface area contributed by atoms with Crippen LogP contribution < -0.4 is 10.1 Å². The van der Waals surface area contributed by atoms with E-state index in [9.17, 15) is 18.0 Å². The minimum atomic E-state index is -3.71. The Hall–Kier alpha value is -2.81. The Balaban J connectivity index is 1.56. The average molecular weight is 510 g/mol. The van der Waals surface area contributed by atoms with Crippen LogP contribution in [0.15, 0.2) is 18.2 Å². The van der Waals surface area contributed by atoms with Crippen molar-refractivity contribution in [3.63, 3.8) is 0 Å². The van der Waals surface area contributed by atoms with Crippen LogP contribution in [0.5, 0.6) is 5.75 Å². The summed E-state index contributed by atoms with van der Waals surface area (Å²) in [5.74, 6) is 0.340. The number of nitrogens with zero attached hydrogens (tertiary/aromatic N) is 2. The molecule has 2 bridgehead atoms. The van der Waals surface area contributed by atoms with Crippen molar-refractivity contribution in [2.75, 3.05) is 12.8 Å². The highest BCUT2D eigenvalue weighted by atomic mass is 32.2. The van der Waals surface area contributed by atoms with Crippen molar-refractivity contribution in [3.8, 4) is 5.75 Å². The fourth-order valence-corrected chi connectivity index (χ4v) is 9.27. The van der Waals surface area contributed by atoms with Gasteiger partial charge in [0, 0.05) is 40.9 Å². The lowest BCUT2D eigenvalue weighted by Gasteiger charge is -2.64. The SMILES string of the molecule is CC1(C)C=Cc2c(ccc3c4c(n(S(C)(=O)=O)c23)C(C)(C)C2CC35CCCN3C(=O)C2(C4)NC5=O)O1. The summed E-state index contributed by atoms with van der Waals surface area (Å²) in [5, 5.41) is 3.98. The number of piperidine rings is 2. The molecule has 4 saturated heterocycles. The molecule has 6 aliphatic rings. The molecule has 0 radical (unpaired) electrons. The summed E-state index contributed by atoms with van der Waals surface area (Å²) in [7, 11) is -3.71. The van der Waals surface area contributed by atoms with Gasteiger partial charge in [0.05, 0.1) is 11.8 Å². The molecule has 5 aliphatic heterocycles. The summed E-state index contributed by atoms with van der Waals surface area (Å²) >= 11 is 0.